The van der Waals surface area contributed by atoms with Gasteiger partial charge in [-0.25, -0.2) is 14.3 Å². The van der Waals surface area contributed by atoms with Crippen LogP contribution in [0.25, 0.3) is 22.4 Å². The van der Waals surface area contributed by atoms with Crippen molar-refractivity contribution in [3.8, 4) is 11.3 Å². The topological polar surface area (TPSA) is 104 Å². The number of benzene rings is 2. The molecule has 1 atom stereocenters. The Morgan fingerprint density at radius 1 is 0.974 bits per heavy atom. The molecule has 0 bridgehead atoms. The summed E-state index contributed by atoms with van der Waals surface area (Å²) in [6, 6.07) is 21.2. The molecule has 8 nitrogen and oxygen atoms in total. The molecule has 38 heavy (non-hydrogen) atoms. The molecule has 192 valence electrons. The van der Waals surface area contributed by atoms with E-state index in [1.807, 2.05) is 37.3 Å². The monoisotopic (exact) mass is 524 g/mol. The zero-order chi connectivity index (χ0) is 26.6. The summed E-state index contributed by atoms with van der Waals surface area (Å²) in [5, 5.41) is 0. The molecular weight excluding hydrogens is 498 g/mol. The maximum Gasteiger partial charge on any atom is 0.269 e. The molecule has 0 spiro atoms. The zero-order valence-corrected chi connectivity index (χ0v) is 21.9. The number of anilines is 1. The molecule has 2 aromatic carbocycles. The normalized spacial score (nSPS) is 12.0. The quantitative estimate of drug-likeness (QED) is 0.257. The summed E-state index contributed by atoms with van der Waals surface area (Å²) in [6.07, 6.45) is 5.21. The number of nitrogens with zero attached hydrogens (tertiary/aromatic N) is 5. The minimum atomic E-state index is -2.84. The molecule has 0 aliphatic heterocycles. The average molecular weight is 525 g/mol. The molecule has 0 N–H and O–H groups in total. The van der Waals surface area contributed by atoms with Gasteiger partial charge in [-0.05, 0) is 54.8 Å². The number of hydrogen-bond acceptors (Lipinski definition) is 6. The number of amides is 1. The van der Waals surface area contributed by atoms with Crippen molar-refractivity contribution in [3.05, 3.63) is 108 Å². The summed E-state index contributed by atoms with van der Waals surface area (Å²) < 4.78 is 27.3. The van der Waals surface area contributed by atoms with Gasteiger partial charge in [0.1, 0.15) is 11.3 Å². The highest BCUT2D eigenvalue weighted by Gasteiger charge is 2.23. The predicted molar refractivity (Wildman–Crippen MR) is 147 cm³/mol. The van der Waals surface area contributed by atoms with Gasteiger partial charge in [0.05, 0.1) is 29.2 Å². The minimum absolute atomic E-state index is 0.188. The SMILES string of the molecule is CCCc1nc2c(C)ccnc2n1Cc1ccc(-c2ncccc2N(C(=O)c2ccccc2)S(=O)[O-])cc1. The van der Waals surface area contributed by atoms with Gasteiger partial charge in [-0.15, -0.1) is 0 Å². The number of aryl methyl sites for hydroxylation is 2. The maximum atomic E-state index is 13.1. The van der Waals surface area contributed by atoms with Crippen LogP contribution >= 0.6 is 0 Å². The van der Waals surface area contributed by atoms with Gasteiger partial charge in [0.2, 0.25) is 0 Å². The fourth-order valence-electron chi connectivity index (χ4n) is 4.45. The fourth-order valence-corrected chi connectivity index (χ4v) is 5.00. The molecule has 1 amide bonds. The molecule has 1 unspecified atom stereocenters. The van der Waals surface area contributed by atoms with E-state index in [1.54, 1.807) is 54.9 Å². The van der Waals surface area contributed by atoms with Gasteiger partial charge in [-0.2, -0.15) is 0 Å². The Morgan fingerprint density at radius 3 is 2.45 bits per heavy atom. The van der Waals surface area contributed by atoms with Crippen LogP contribution in [0.4, 0.5) is 5.69 Å². The van der Waals surface area contributed by atoms with E-state index in [9.17, 15) is 13.6 Å². The number of carbonyl (C=O) groups is 1. The lowest BCUT2D eigenvalue weighted by Crippen LogP contribution is -2.33. The molecule has 0 fully saturated rings. The molecule has 0 saturated heterocycles. The Morgan fingerprint density at radius 2 is 1.74 bits per heavy atom. The Hall–Kier alpha value is -4.21. The Bertz CT molecular complexity index is 1620. The van der Waals surface area contributed by atoms with E-state index in [0.29, 0.717) is 17.8 Å². The summed E-state index contributed by atoms with van der Waals surface area (Å²) in [6.45, 7) is 4.77. The number of fused-ring (bicyclic) bond motifs is 1. The summed E-state index contributed by atoms with van der Waals surface area (Å²) in [5.74, 6) is 0.344. The standard InChI is InChI=1S/C29H27N5O3S/c1-3-8-25-32-26-20(2)16-18-31-28(26)33(25)19-21-12-14-22(15-13-21)27-24(11-7-17-30-27)34(38(36)37)29(35)23-9-5-4-6-10-23/h4-7,9-18H,3,8,19H2,1-2H3,(H,36,37)/p-1. The first-order chi connectivity index (χ1) is 18.5. The Labute approximate surface area is 223 Å². The van der Waals surface area contributed by atoms with E-state index in [2.05, 4.69) is 21.5 Å². The minimum Gasteiger partial charge on any atom is -0.755 e. The first kappa shape index (κ1) is 25.4. The van der Waals surface area contributed by atoms with E-state index in [1.165, 1.54) is 0 Å². The second-order valence-corrected chi connectivity index (χ2v) is 9.71. The molecule has 0 aliphatic carbocycles. The van der Waals surface area contributed by atoms with Crippen LogP contribution in [0.3, 0.4) is 0 Å². The summed E-state index contributed by atoms with van der Waals surface area (Å²) in [4.78, 5) is 27.0. The van der Waals surface area contributed by atoms with Crippen LogP contribution in [0.5, 0.6) is 0 Å². The number of pyridine rings is 2. The van der Waals surface area contributed by atoms with Crippen LogP contribution in [0.1, 0.15) is 40.7 Å². The van der Waals surface area contributed by atoms with Crippen LogP contribution in [0.15, 0.2) is 85.2 Å². The Kier molecular flexibility index (Phi) is 7.39. The third-order valence-electron chi connectivity index (χ3n) is 6.32. The predicted octanol–water partition coefficient (Wildman–Crippen LogP) is 5.24. The summed E-state index contributed by atoms with van der Waals surface area (Å²) in [7, 11) is 0. The van der Waals surface area contributed by atoms with Crippen molar-refractivity contribution in [2.75, 3.05) is 4.31 Å². The number of carbonyl (C=O) groups excluding carboxylic acids is 1. The van der Waals surface area contributed by atoms with E-state index >= 15 is 0 Å². The van der Waals surface area contributed by atoms with Crippen molar-refractivity contribution in [3.63, 3.8) is 0 Å². The lowest BCUT2D eigenvalue weighted by molar-refractivity contribution is 0.100. The van der Waals surface area contributed by atoms with Crippen LogP contribution in [0.2, 0.25) is 0 Å². The van der Waals surface area contributed by atoms with Crippen molar-refractivity contribution in [1.29, 1.82) is 0 Å². The van der Waals surface area contributed by atoms with Crippen LogP contribution in [0, 0.1) is 6.92 Å². The highest BCUT2D eigenvalue weighted by molar-refractivity contribution is 7.81. The van der Waals surface area contributed by atoms with Crippen molar-refractivity contribution in [1.82, 2.24) is 19.5 Å². The number of aromatic nitrogens is 4. The van der Waals surface area contributed by atoms with Crippen molar-refractivity contribution >= 4 is 34.0 Å². The smallest absolute Gasteiger partial charge is 0.269 e. The van der Waals surface area contributed by atoms with E-state index < -0.39 is 17.2 Å². The largest absolute Gasteiger partial charge is 0.755 e. The molecule has 3 heterocycles. The Balaban J connectivity index is 1.49. The van der Waals surface area contributed by atoms with Gasteiger partial charge < -0.3 is 9.12 Å². The third-order valence-corrected chi connectivity index (χ3v) is 6.98. The van der Waals surface area contributed by atoms with E-state index in [4.69, 9.17) is 4.98 Å². The first-order valence-electron chi connectivity index (χ1n) is 12.3. The molecule has 0 radical (unpaired) electrons. The molecular formula is C29H26N5O3S-. The molecule has 3 aromatic heterocycles. The van der Waals surface area contributed by atoms with Gasteiger partial charge in [0.15, 0.2) is 5.65 Å². The van der Waals surface area contributed by atoms with Gasteiger partial charge >= 0.3 is 0 Å². The molecule has 5 rings (SSSR count). The summed E-state index contributed by atoms with van der Waals surface area (Å²) >= 11 is -2.84. The van der Waals surface area contributed by atoms with Crippen molar-refractivity contribution in [2.45, 2.75) is 33.2 Å². The molecule has 0 saturated carbocycles. The van der Waals surface area contributed by atoms with Gasteiger partial charge in [-0.1, -0.05) is 49.4 Å². The highest BCUT2D eigenvalue weighted by Crippen LogP contribution is 2.31. The third kappa shape index (κ3) is 4.98. The lowest BCUT2D eigenvalue weighted by atomic mass is 10.1. The second-order valence-electron chi connectivity index (χ2n) is 8.91. The lowest BCUT2D eigenvalue weighted by Gasteiger charge is -2.26. The average Bonchev–Trinajstić information content (AvgIpc) is 3.28. The highest BCUT2D eigenvalue weighted by atomic mass is 32.2. The maximum absolute atomic E-state index is 13.1. The van der Waals surface area contributed by atoms with Crippen LogP contribution in [-0.4, -0.2) is 34.2 Å². The van der Waals surface area contributed by atoms with Crippen LogP contribution in [-0.2, 0) is 24.2 Å². The van der Waals surface area contributed by atoms with Crippen LogP contribution < -0.4 is 4.31 Å². The van der Waals surface area contributed by atoms with Crippen molar-refractivity contribution in [2.24, 2.45) is 0 Å². The first-order valence-corrected chi connectivity index (χ1v) is 13.3. The number of hydrogen-bond donors (Lipinski definition) is 0. The zero-order valence-electron chi connectivity index (χ0n) is 21.1. The van der Waals surface area contributed by atoms with Crippen molar-refractivity contribution < 1.29 is 13.6 Å². The fraction of sp³-hybridized carbons (Fsp3) is 0.172. The molecule has 0 aliphatic rings. The van der Waals surface area contributed by atoms with E-state index in [0.717, 1.165) is 45.3 Å². The molecule has 9 heteroatoms. The number of rotatable bonds is 8. The molecule has 5 aromatic rings. The van der Waals surface area contributed by atoms with E-state index in [-0.39, 0.29) is 11.3 Å². The number of imidazole rings is 1. The van der Waals surface area contributed by atoms with Gasteiger partial charge in [-0.3, -0.25) is 14.0 Å². The second kappa shape index (κ2) is 11.0. The van der Waals surface area contributed by atoms with Gasteiger partial charge in [0.25, 0.3) is 5.91 Å². The summed E-state index contributed by atoms with van der Waals surface area (Å²) in [5.41, 5.74) is 5.44. The van der Waals surface area contributed by atoms with Gasteiger partial charge in [0, 0.05) is 29.9 Å².